The molecular weight excluding hydrogens is 192 g/mol. The van der Waals surface area contributed by atoms with Gasteiger partial charge >= 0.3 is 0 Å². The van der Waals surface area contributed by atoms with Crippen LogP contribution in [0.1, 0.15) is 47.0 Å². The van der Waals surface area contributed by atoms with Crippen molar-refractivity contribution in [3.8, 4) is 0 Å². The van der Waals surface area contributed by atoms with Gasteiger partial charge in [-0.25, -0.2) is 0 Å². The predicted octanol–water partition coefficient (Wildman–Crippen LogP) is 5.20. The zero-order valence-corrected chi connectivity index (χ0v) is 11.1. The van der Waals surface area contributed by atoms with E-state index in [-0.39, 0.29) is 0 Å². The summed E-state index contributed by atoms with van der Waals surface area (Å²) < 4.78 is 0. The van der Waals surface area contributed by atoms with Gasteiger partial charge in [-0.15, -0.1) is 0 Å². The lowest BCUT2D eigenvalue weighted by Gasteiger charge is -2.32. The van der Waals surface area contributed by atoms with Crippen molar-refractivity contribution in [3.63, 3.8) is 0 Å². The van der Waals surface area contributed by atoms with Crippen LogP contribution in [0.5, 0.6) is 0 Å². The predicted molar refractivity (Wildman–Crippen MR) is 73.4 cm³/mol. The van der Waals surface area contributed by atoms with Crippen LogP contribution in [0, 0.1) is 5.41 Å². The lowest BCUT2D eigenvalue weighted by Crippen LogP contribution is -2.18. The summed E-state index contributed by atoms with van der Waals surface area (Å²) in [5.74, 6) is 0. The van der Waals surface area contributed by atoms with Gasteiger partial charge in [0.2, 0.25) is 0 Å². The number of hydrogen-bond acceptors (Lipinski definition) is 0. The Morgan fingerprint density at radius 2 is 2.06 bits per heavy atom. The number of rotatable bonds is 3. The summed E-state index contributed by atoms with van der Waals surface area (Å²) in [6, 6.07) is 0. The topological polar surface area (TPSA) is 0 Å². The molecule has 0 nitrogen and oxygen atoms in total. The van der Waals surface area contributed by atoms with E-state index in [1.165, 1.54) is 30.4 Å². The Hall–Kier alpha value is -1.04. The van der Waals surface area contributed by atoms with Crippen LogP contribution >= 0.6 is 0 Å². The van der Waals surface area contributed by atoms with Gasteiger partial charge in [0, 0.05) is 0 Å². The lowest BCUT2D eigenvalue weighted by molar-refractivity contribution is 0.377. The molecule has 16 heavy (non-hydrogen) atoms. The van der Waals surface area contributed by atoms with Gasteiger partial charge in [0.25, 0.3) is 0 Å². The zero-order chi connectivity index (χ0) is 12.2. The normalized spacial score (nSPS) is 21.6. The SMILES string of the molecule is C=C/C(C)=C/C=CC1=C(C)CCCC1(C)C. The molecule has 0 aromatic rings. The van der Waals surface area contributed by atoms with Crippen LogP contribution in [0.2, 0.25) is 0 Å². The molecule has 0 bridgehead atoms. The summed E-state index contributed by atoms with van der Waals surface area (Å²) >= 11 is 0. The van der Waals surface area contributed by atoms with Gasteiger partial charge in [0.15, 0.2) is 0 Å². The van der Waals surface area contributed by atoms with Crippen molar-refractivity contribution in [2.45, 2.75) is 47.0 Å². The molecule has 1 aliphatic rings. The molecule has 0 N–H and O–H groups in total. The molecule has 1 rings (SSSR count). The number of allylic oxidation sites excluding steroid dienone is 7. The summed E-state index contributed by atoms with van der Waals surface area (Å²) in [7, 11) is 0. The second kappa shape index (κ2) is 5.34. The maximum absolute atomic E-state index is 3.76. The van der Waals surface area contributed by atoms with Crippen LogP contribution in [-0.2, 0) is 0 Å². The van der Waals surface area contributed by atoms with Crippen LogP contribution in [0.15, 0.2) is 47.6 Å². The van der Waals surface area contributed by atoms with E-state index in [0.717, 1.165) is 0 Å². The second-order valence-corrected chi connectivity index (χ2v) is 5.41. The molecule has 0 aromatic carbocycles. The van der Waals surface area contributed by atoms with Gasteiger partial charge in [-0.2, -0.15) is 0 Å². The highest BCUT2D eigenvalue weighted by Gasteiger charge is 2.26. The van der Waals surface area contributed by atoms with Crippen molar-refractivity contribution in [2.24, 2.45) is 5.41 Å². The van der Waals surface area contributed by atoms with Crippen LogP contribution in [0.3, 0.4) is 0 Å². The van der Waals surface area contributed by atoms with Crippen molar-refractivity contribution in [2.75, 3.05) is 0 Å². The second-order valence-electron chi connectivity index (χ2n) is 5.41. The molecular formula is C16H24. The average molecular weight is 216 g/mol. The van der Waals surface area contributed by atoms with Crippen LogP contribution in [0.4, 0.5) is 0 Å². The third kappa shape index (κ3) is 3.23. The average Bonchev–Trinajstić information content (AvgIpc) is 2.21. The van der Waals surface area contributed by atoms with Gasteiger partial charge in [-0.1, -0.05) is 55.9 Å². The van der Waals surface area contributed by atoms with Crippen molar-refractivity contribution < 1.29 is 0 Å². The van der Waals surface area contributed by atoms with E-state index in [1.54, 1.807) is 5.57 Å². The molecule has 0 radical (unpaired) electrons. The van der Waals surface area contributed by atoms with Crippen LogP contribution in [0.25, 0.3) is 0 Å². The van der Waals surface area contributed by atoms with Gasteiger partial charge in [-0.3, -0.25) is 0 Å². The molecule has 0 fully saturated rings. The van der Waals surface area contributed by atoms with E-state index in [4.69, 9.17) is 0 Å². The van der Waals surface area contributed by atoms with Gasteiger partial charge < -0.3 is 0 Å². The van der Waals surface area contributed by atoms with E-state index in [0.29, 0.717) is 5.41 Å². The molecule has 0 heteroatoms. The Kier molecular flexibility index (Phi) is 4.35. The first-order valence-electron chi connectivity index (χ1n) is 6.15. The van der Waals surface area contributed by atoms with Gasteiger partial charge in [-0.05, 0) is 44.1 Å². The maximum atomic E-state index is 3.76. The smallest absolute Gasteiger partial charge is 0.0104 e. The molecule has 1 aliphatic carbocycles. The minimum absolute atomic E-state index is 0.342. The molecule has 0 aliphatic heterocycles. The van der Waals surface area contributed by atoms with Gasteiger partial charge in [0.05, 0.1) is 0 Å². The molecule has 0 atom stereocenters. The van der Waals surface area contributed by atoms with Crippen molar-refractivity contribution in [1.29, 1.82) is 0 Å². The Morgan fingerprint density at radius 1 is 1.38 bits per heavy atom. The van der Waals surface area contributed by atoms with E-state index in [2.05, 4.69) is 52.5 Å². The number of hydrogen-bond donors (Lipinski definition) is 0. The highest BCUT2D eigenvalue weighted by atomic mass is 14.3. The Bertz CT molecular complexity index is 348. The summed E-state index contributed by atoms with van der Waals surface area (Å²) in [4.78, 5) is 0. The first-order valence-corrected chi connectivity index (χ1v) is 6.15. The fourth-order valence-corrected chi connectivity index (χ4v) is 2.37. The molecule has 88 valence electrons. The first-order chi connectivity index (χ1) is 7.47. The Labute approximate surface area is 100 Å². The highest BCUT2D eigenvalue weighted by molar-refractivity contribution is 5.35. The van der Waals surface area contributed by atoms with E-state index < -0.39 is 0 Å². The van der Waals surface area contributed by atoms with Crippen molar-refractivity contribution in [3.05, 3.63) is 47.6 Å². The van der Waals surface area contributed by atoms with E-state index >= 15 is 0 Å². The molecule has 0 amide bonds. The van der Waals surface area contributed by atoms with Gasteiger partial charge in [0.1, 0.15) is 0 Å². The Balaban J connectivity index is 2.89. The summed E-state index contributed by atoms with van der Waals surface area (Å²) in [6.07, 6.45) is 12.3. The van der Waals surface area contributed by atoms with Crippen LogP contribution < -0.4 is 0 Å². The fourth-order valence-electron chi connectivity index (χ4n) is 2.37. The molecule has 0 unspecified atom stereocenters. The fraction of sp³-hybridized carbons (Fsp3) is 0.500. The largest absolute Gasteiger partial charge is 0.0988 e. The highest BCUT2D eigenvalue weighted by Crippen LogP contribution is 2.40. The minimum atomic E-state index is 0.342. The molecule has 0 heterocycles. The van der Waals surface area contributed by atoms with E-state index in [9.17, 15) is 0 Å². The monoisotopic (exact) mass is 216 g/mol. The minimum Gasteiger partial charge on any atom is -0.0988 e. The third-order valence-corrected chi connectivity index (χ3v) is 3.49. The summed E-state index contributed by atoms with van der Waals surface area (Å²) in [5.41, 5.74) is 4.63. The summed E-state index contributed by atoms with van der Waals surface area (Å²) in [5, 5.41) is 0. The molecule has 0 saturated heterocycles. The molecule has 0 saturated carbocycles. The van der Waals surface area contributed by atoms with E-state index in [1.807, 2.05) is 6.08 Å². The quantitative estimate of drug-likeness (QED) is 0.569. The first kappa shape index (κ1) is 13.0. The molecule has 0 aromatic heterocycles. The maximum Gasteiger partial charge on any atom is -0.0104 e. The lowest BCUT2D eigenvalue weighted by atomic mass is 9.72. The summed E-state index contributed by atoms with van der Waals surface area (Å²) in [6.45, 7) is 12.8. The zero-order valence-electron chi connectivity index (χ0n) is 11.1. The third-order valence-electron chi connectivity index (χ3n) is 3.49. The van der Waals surface area contributed by atoms with Crippen LogP contribution in [-0.4, -0.2) is 0 Å². The van der Waals surface area contributed by atoms with Crippen molar-refractivity contribution >= 4 is 0 Å². The van der Waals surface area contributed by atoms with Crippen molar-refractivity contribution in [1.82, 2.24) is 0 Å². The Morgan fingerprint density at radius 3 is 2.62 bits per heavy atom. The molecule has 0 spiro atoms. The standard InChI is InChI=1S/C16H24/c1-6-13(2)9-7-11-15-14(3)10-8-12-16(15,4)5/h6-7,9,11H,1,8,10,12H2,2-5H3/b11-7?,13-9+.